The maximum atomic E-state index is 5.88. The Morgan fingerprint density at radius 2 is 2.07 bits per heavy atom. The molecule has 0 saturated heterocycles. The van der Waals surface area contributed by atoms with Crippen LogP contribution in [0.15, 0.2) is 36.4 Å². The van der Waals surface area contributed by atoms with Gasteiger partial charge in [-0.15, -0.1) is 11.6 Å². The van der Waals surface area contributed by atoms with Gasteiger partial charge in [0.15, 0.2) is 0 Å². The van der Waals surface area contributed by atoms with Gasteiger partial charge in [0, 0.05) is 5.88 Å². The molecule has 0 bridgehead atoms. The first-order valence-corrected chi connectivity index (χ1v) is 5.59. The zero-order valence-corrected chi connectivity index (χ0v) is 9.42. The number of fused-ring (bicyclic) bond motifs is 1. The Morgan fingerprint density at radius 3 is 2.80 bits per heavy atom. The molecule has 2 rings (SSSR count). The van der Waals surface area contributed by atoms with E-state index in [0.717, 1.165) is 11.3 Å². The summed E-state index contributed by atoms with van der Waals surface area (Å²) in [5, 5.41) is 2.38. The topological polar surface area (TPSA) is 9.23 Å². The number of halogens is 1. The van der Waals surface area contributed by atoms with Crippen LogP contribution in [-0.2, 0) is 5.88 Å². The summed E-state index contributed by atoms with van der Waals surface area (Å²) in [6, 6.07) is 12.3. The molecule has 1 nitrogen and oxygen atoms in total. The van der Waals surface area contributed by atoms with Gasteiger partial charge in [0.2, 0.25) is 0 Å². The van der Waals surface area contributed by atoms with Crippen molar-refractivity contribution in [3.8, 4) is 5.75 Å². The van der Waals surface area contributed by atoms with E-state index in [9.17, 15) is 0 Å². The lowest BCUT2D eigenvalue weighted by molar-refractivity contribution is 0.341. The third kappa shape index (κ3) is 2.07. The molecule has 15 heavy (non-hydrogen) atoms. The molecule has 0 aliphatic carbocycles. The Kier molecular flexibility index (Phi) is 3.12. The Hall–Kier alpha value is -1.21. The highest BCUT2D eigenvalue weighted by atomic mass is 35.5. The predicted octanol–water partition coefficient (Wildman–Crippen LogP) is 3.98. The maximum absolute atomic E-state index is 5.88. The fourth-order valence-electron chi connectivity index (χ4n) is 1.70. The quantitative estimate of drug-likeness (QED) is 0.711. The molecule has 2 aromatic rings. The zero-order valence-electron chi connectivity index (χ0n) is 8.66. The molecule has 0 fully saturated rings. The Bertz CT molecular complexity index is 465. The molecule has 0 aliphatic heterocycles. The molecule has 0 aromatic heterocycles. The van der Waals surface area contributed by atoms with Crippen LogP contribution in [0.25, 0.3) is 10.8 Å². The van der Waals surface area contributed by atoms with Crippen molar-refractivity contribution in [3.05, 3.63) is 42.0 Å². The Balaban J connectivity index is 2.53. The van der Waals surface area contributed by atoms with Gasteiger partial charge in [0.25, 0.3) is 0 Å². The first-order chi connectivity index (χ1) is 7.35. The summed E-state index contributed by atoms with van der Waals surface area (Å²) in [7, 11) is 0. The van der Waals surface area contributed by atoms with Crippen LogP contribution in [0, 0.1) is 0 Å². The van der Waals surface area contributed by atoms with Crippen LogP contribution in [0.2, 0.25) is 0 Å². The number of benzene rings is 2. The van der Waals surface area contributed by atoms with E-state index in [1.807, 2.05) is 19.1 Å². The second kappa shape index (κ2) is 4.54. The first-order valence-electron chi connectivity index (χ1n) is 5.05. The smallest absolute Gasteiger partial charge is 0.119 e. The van der Waals surface area contributed by atoms with Crippen LogP contribution >= 0.6 is 11.6 Å². The van der Waals surface area contributed by atoms with Gasteiger partial charge in [-0.1, -0.05) is 24.3 Å². The largest absolute Gasteiger partial charge is 0.494 e. The number of alkyl halides is 1. The second-order valence-corrected chi connectivity index (χ2v) is 3.63. The van der Waals surface area contributed by atoms with Gasteiger partial charge < -0.3 is 4.74 Å². The van der Waals surface area contributed by atoms with E-state index in [2.05, 4.69) is 24.3 Å². The molecule has 0 atom stereocenters. The van der Waals surface area contributed by atoms with E-state index < -0.39 is 0 Å². The van der Waals surface area contributed by atoms with Crippen molar-refractivity contribution in [2.75, 3.05) is 6.61 Å². The SMILES string of the molecule is CCOc1ccc2c(CCl)cccc2c1. The Labute approximate surface area is 94.6 Å². The molecule has 78 valence electrons. The van der Waals surface area contributed by atoms with Crippen molar-refractivity contribution in [3.63, 3.8) is 0 Å². The highest BCUT2D eigenvalue weighted by Crippen LogP contribution is 2.24. The van der Waals surface area contributed by atoms with Gasteiger partial charge in [0.1, 0.15) is 5.75 Å². The standard InChI is InChI=1S/C13H13ClO/c1-2-15-12-6-7-13-10(8-12)4-3-5-11(13)9-14/h3-8H,2,9H2,1H3. The van der Waals surface area contributed by atoms with Gasteiger partial charge >= 0.3 is 0 Å². The highest BCUT2D eigenvalue weighted by molar-refractivity contribution is 6.18. The molecule has 0 spiro atoms. The lowest BCUT2D eigenvalue weighted by atomic mass is 10.1. The van der Waals surface area contributed by atoms with E-state index in [1.165, 1.54) is 10.8 Å². The first kappa shape index (κ1) is 10.3. The van der Waals surface area contributed by atoms with Crippen LogP contribution in [0.5, 0.6) is 5.75 Å². The van der Waals surface area contributed by atoms with Crippen molar-refractivity contribution in [1.82, 2.24) is 0 Å². The van der Waals surface area contributed by atoms with Crippen LogP contribution in [0.1, 0.15) is 12.5 Å². The number of rotatable bonds is 3. The van der Waals surface area contributed by atoms with Crippen molar-refractivity contribution in [2.45, 2.75) is 12.8 Å². The lowest BCUT2D eigenvalue weighted by Gasteiger charge is -2.06. The molecular weight excluding hydrogens is 208 g/mol. The molecule has 2 heteroatoms. The normalized spacial score (nSPS) is 10.5. The van der Waals surface area contributed by atoms with Gasteiger partial charge in [-0.3, -0.25) is 0 Å². The summed E-state index contributed by atoms with van der Waals surface area (Å²) in [4.78, 5) is 0. The predicted molar refractivity (Wildman–Crippen MR) is 64.7 cm³/mol. The van der Waals surface area contributed by atoms with Crippen molar-refractivity contribution < 1.29 is 4.74 Å². The van der Waals surface area contributed by atoms with E-state index in [0.29, 0.717) is 12.5 Å². The van der Waals surface area contributed by atoms with Gasteiger partial charge in [-0.05, 0) is 35.4 Å². The minimum atomic E-state index is 0.547. The third-order valence-electron chi connectivity index (χ3n) is 2.40. The van der Waals surface area contributed by atoms with Crippen LogP contribution in [0.4, 0.5) is 0 Å². The fraction of sp³-hybridized carbons (Fsp3) is 0.231. The molecule has 0 heterocycles. The third-order valence-corrected chi connectivity index (χ3v) is 2.69. The van der Waals surface area contributed by atoms with E-state index in [1.54, 1.807) is 0 Å². The van der Waals surface area contributed by atoms with Gasteiger partial charge in [0.05, 0.1) is 6.61 Å². The zero-order chi connectivity index (χ0) is 10.7. The number of hydrogen-bond acceptors (Lipinski definition) is 1. The molecular formula is C13H13ClO. The average molecular weight is 221 g/mol. The summed E-state index contributed by atoms with van der Waals surface area (Å²) in [6.07, 6.45) is 0. The molecule has 2 aromatic carbocycles. The molecule has 0 saturated carbocycles. The fourth-order valence-corrected chi connectivity index (χ4v) is 1.93. The summed E-state index contributed by atoms with van der Waals surface area (Å²) in [5.41, 5.74) is 1.16. The average Bonchev–Trinajstić information content (AvgIpc) is 2.28. The van der Waals surface area contributed by atoms with Gasteiger partial charge in [-0.25, -0.2) is 0 Å². The maximum Gasteiger partial charge on any atom is 0.119 e. The molecule has 0 radical (unpaired) electrons. The van der Waals surface area contributed by atoms with Crippen molar-refractivity contribution in [2.24, 2.45) is 0 Å². The van der Waals surface area contributed by atoms with Crippen molar-refractivity contribution >= 4 is 22.4 Å². The minimum Gasteiger partial charge on any atom is -0.494 e. The minimum absolute atomic E-state index is 0.547. The molecule has 0 aliphatic rings. The number of ether oxygens (including phenoxy) is 1. The van der Waals surface area contributed by atoms with Crippen molar-refractivity contribution in [1.29, 1.82) is 0 Å². The van der Waals surface area contributed by atoms with E-state index in [4.69, 9.17) is 16.3 Å². The molecule has 0 unspecified atom stereocenters. The van der Waals surface area contributed by atoms with E-state index in [-0.39, 0.29) is 0 Å². The van der Waals surface area contributed by atoms with Crippen LogP contribution in [0.3, 0.4) is 0 Å². The summed E-state index contributed by atoms with van der Waals surface area (Å²) < 4.78 is 5.45. The Morgan fingerprint density at radius 1 is 1.20 bits per heavy atom. The molecule has 0 amide bonds. The second-order valence-electron chi connectivity index (χ2n) is 3.37. The summed E-state index contributed by atoms with van der Waals surface area (Å²) in [6.45, 7) is 2.68. The van der Waals surface area contributed by atoms with Crippen LogP contribution < -0.4 is 4.74 Å². The molecule has 0 N–H and O–H groups in total. The van der Waals surface area contributed by atoms with E-state index >= 15 is 0 Å². The monoisotopic (exact) mass is 220 g/mol. The lowest BCUT2D eigenvalue weighted by Crippen LogP contribution is -1.91. The highest BCUT2D eigenvalue weighted by Gasteiger charge is 2.00. The summed E-state index contributed by atoms with van der Waals surface area (Å²) in [5.74, 6) is 1.46. The van der Waals surface area contributed by atoms with Gasteiger partial charge in [-0.2, -0.15) is 0 Å². The number of hydrogen-bond donors (Lipinski definition) is 0. The van der Waals surface area contributed by atoms with Crippen LogP contribution in [-0.4, -0.2) is 6.61 Å². The summed E-state index contributed by atoms with van der Waals surface area (Å²) >= 11 is 5.88.